The molecule has 0 spiro atoms. The normalized spacial score (nSPS) is 11.8. The zero-order valence-corrected chi connectivity index (χ0v) is 25.1. The maximum atomic E-state index is 13.5. The molecule has 0 unspecified atom stereocenters. The van der Waals surface area contributed by atoms with Crippen LogP contribution < -0.4 is 5.62 Å². The molecule has 1 aromatic heterocycles. The zero-order valence-electron chi connectivity index (χ0n) is 23.4. The quantitative estimate of drug-likeness (QED) is 0.272. The summed E-state index contributed by atoms with van der Waals surface area (Å²) in [6.07, 6.45) is 3.50. The number of Topliss-reactive ketones (excluding diaryl/α,β-unsaturated/α-hetero) is 1. The minimum atomic E-state index is -0.977. The molecule has 0 aliphatic rings. The lowest BCUT2D eigenvalue weighted by Crippen LogP contribution is -2.28. The van der Waals surface area contributed by atoms with Crippen LogP contribution in [0.5, 0.6) is 5.75 Å². The van der Waals surface area contributed by atoms with Gasteiger partial charge in [0.1, 0.15) is 5.75 Å². The van der Waals surface area contributed by atoms with Crippen LogP contribution in [-0.4, -0.2) is 31.1 Å². The number of rotatable bonds is 8. The van der Waals surface area contributed by atoms with Crippen molar-refractivity contribution in [1.82, 2.24) is 9.13 Å². The van der Waals surface area contributed by atoms with Gasteiger partial charge in [-0.3, -0.25) is 10.2 Å². The molecular formula is C30H40BrN3O4. The Morgan fingerprint density at radius 2 is 1.45 bits per heavy atom. The van der Waals surface area contributed by atoms with Crippen LogP contribution >= 0.6 is 17.0 Å². The average Bonchev–Trinajstić information content (AvgIpc) is 3.07. The van der Waals surface area contributed by atoms with Crippen molar-refractivity contribution >= 4 is 28.7 Å². The number of nitrogens with zero attached hydrogens (tertiary/aromatic N) is 2. The number of carboxylic acid groups (broad SMARTS) is 1. The topological polar surface area (TPSA) is 108 Å². The fourth-order valence-electron chi connectivity index (χ4n) is 4.47. The molecule has 206 valence electrons. The van der Waals surface area contributed by atoms with Gasteiger partial charge in [-0.15, -0.1) is 17.0 Å². The number of carboxylic acids is 1. The van der Waals surface area contributed by atoms with Crippen LogP contribution in [0.25, 0.3) is 0 Å². The van der Waals surface area contributed by atoms with E-state index < -0.39 is 5.97 Å². The number of benzene rings is 2. The van der Waals surface area contributed by atoms with Crippen molar-refractivity contribution in [2.45, 2.75) is 85.2 Å². The summed E-state index contributed by atoms with van der Waals surface area (Å²) in [4.78, 5) is 24.7. The number of imidazole rings is 1. The molecule has 0 bridgehead atoms. The lowest BCUT2D eigenvalue weighted by Gasteiger charge is -2.28. The predicted octanol–water partition coefficient (Wildman–Crippen LogP) is 6.23. The van der Waals surface area contributed by atoms with E-state index in [4.69, 9.17) is 10.5 Å². The van der Waals surface area contributed by atoms with E-state index in [1.54, 1.807) is 41.0 Å². The van der Waals surface area contributed by atoms with E-state index >= 15 is 0 Å². The molecule has 3 aromatic rings. The van der Waals surface area contributed by atoms with Crippen LogP contribution in [0.2, 0.25) is 0 Å². The summed E-state index contributed by atoms with van der Waals surface area (Å²) >= 11 is 0. The number of aromatic hydroxyl groups is 1. The second-order valence-corrected chi connectivity index (χ2v) is 11.8. The predicted molar refractivity (Wildman–Crippen MR) is 155 cm³/mol. The average molecular weight is 587 g/mol. The molecule has 0 amide bonds. The minimum absolute atomic E-state index is 0. The molecule has 0 radical (unpaired) electrons. The van der Waals surface area contributed by atoms with Crippen molar-refractivity contribution in [3.05, 3.63) is 81.7 Å². The number of aromatic carboxylic acids is 1. The van der Waals surface area contributed by atoms with Gasteiger partial charge in [0, 0.05) is 28.6 Å². The van der Waals surface area contributed by atoms with Gasteiger partial charge in [-0.1, -0.05) is 67.0 Å². The number of ketones is 1. The van der Waals surface area contributed by atoms with Gasteiger partial charge in [-0.25, -0.2) is 4.79 Å². The number of carbonyl (C=O) groups excluding carboxylic acids is 1. The SMILES string of the molecule is Br.CCCc1cn(CC(=O)c2cc(C(C)(C)C)c(O)c(C(C)(C)C)c2)c(=N)n1Cc1ccc(C(=O)O)cc1. The van der Waals surface area contributed by atoms with E-state index in [1.165, 1.54) is 0 Å². The Bertz CT molecular complexity index is 1340. The lowest BCUT2D eigenvalue weighted by atomic mass is 9.78. The number of carbonyl (C=O) groups is 2. The number of phenolic OH excluding ortho intramolecular Hbond substituents is 1. The summed E-state index contributed by atoms with van der Waals surface area (Å²) in [7, 11) is 0. The summed E-state index contributed by atoms with van der Waals surface area (Å²) in [6, 6.07) is 10.2. The van der Waals surface area contributed by atoms with Crippen molar-refractivity contribution in [2.24, 2.45) is 0 Å². The first kappa shape index (κ1) is 31.1. The number of nitrogens with one attached hydrogen (secondary N) is 1. The third-order valence-corrected chi connectivity index (χ3v) is 6.59. The second-order valence-electron chi connectivity index (χ2n) is 11.8. The maximum absolute atomic E-state index is 13.5. The fourth-order valence-corrected chi connectivity index (χ4v) is 4.47. The molecule has 2 aromatic carbocycles. The molecule has 38 heavy (non-hydrogen) atoms. The molecule has 0 fully saturated rings. The highest BCUT2D eigenvalue weighted by Gasteiger charge is 2.28. The van der Waals surface area contributed by atoms with Gasteiger partial charge in [0.25, 0.3) is 0 Å². The number of aromatic nitrogens is 2. The monoisotopic (exact) mass is 585 g/mol. The Balaban J connectivity index is 0.00000507. The van der Waals surface area contributed by atoms with E-state index in [9.17, 15) is 14.7 Å². The van der Waals surface area contributed by atoms with Crippen LogP contribution in [0, 0.1) is 5.41 Å². The number of hydrogen-bond donors (Lipinski definition) is 3. The zero-order chi connectivity index (χ0) is 27.7. The van der Waals surface area contributed by atoms with Crippen LogP contribution in [-0.2, 0) is 30.3 Å². The van der Waals surface area contributed by atoms with Crippen molar-refractivity contribution in [3.63, 3.8) is 0 Å². The van der Waals surface area contributed by atoms with Crippen LogP contribution in [0.4, 0.5) is 0 Å². The second kappa shape index (κ2) is 11.7. The lowest BCUT2D eigenvalue weighted by molar-refractivity contribution is 0.0696. The minimum Gasteiger partial charge on any atom is -0.507 e. The van der Waals surface area contributed by atoms with Gasteiger partial charge in [-0.05, 0) is 47.1 Å². The molecule has 1 heterocycles. The maximum Gasteiger partial charge on any atom is 0.335 e. The smallest absolute Gasteiger partial charge is 0.335 e. The Morgan fingerprint density at radius 3 is 1.89 bits per heavy atom. The Kier molecular flexibility index (Phi) is 9.59. The highest BCUT2D eigenvalue weighted by molar-refractivity contribution is 8.93. The number of phenols is 1. The van der Waals surface area contributed by atoms with Gasteiger partial charge < -0.3 is 19.3 Å². The Labute approximate surface area is 235 Å². The van der Waals surface area contributed by atoms with Gasteiger partial charge in [0.05, 0.1) is 18.7 Å². The first-order valence-electron chi connectivity index (χ1n) is 12.7. The Hall–Kier alpha value is -3.13. The molecule has 0 saturated carbocycles. The van der Waals surface area contributed by atoms with Crippen molar-refractivity contribution in [1.29, 1.82) is 5.41 Å². The van der Waals surface area contributed by atoms with Crippen molar-refractivity contribution in [2.75, 3.05) is 0 Å². The highest BCUT2D eigenvalue weighted by atomic mass is 79.9. The molecule has 0 atom stereocenters. The molecule has 0 aliphatic carbocycles. The molecule has 3 N–H and O–H groups in total. The first-order valence-corrected chi connectivity index (χ1v) is 12.7. The van der Waals surface area contributed by atoms with Gasteiger partial charge in [0.15, 0.2) is 5.78 Å². The highest BCUT2D eigenvalue weighted by Crippen LogP contribution is 2.39. The molecule has 3 rings (SSSR count). The van der Waals surface area contributed by atoms with Gasteiger partial charge in [0.2, 0.25) is 5.62 Å². The third kappa shape index (κ3) is 6.84. The van der Waals surface area contributed by atoms with Gasteiger partial charge >= 0.3 is 5.97 Å². The molecular weight excluding hydrogens is 546 g/mol. The summed E-state index contributed by atoms with van der Waals surface area (Å²) in [5.74, 6) is -0.869. The number of aryl methyl sites for hydroxylation is 1. The van der Waals surface area contributed by atoms with E-state index in [0.29, 0.717) is 12.1 Å². The number of hydrogen-bond acceptors (Lipinski definition) is 4. The summed E-state index contributed by atoms with van der Waals surface area (Å²) in [5, 5.41) is 29.0. The van der Waals surface area contributed by atoms with Gasteiger partial charge in [-0.2, -0.15) is 0 Å². The van der Waals surface area contributed by atoms with E-state index in [1.807, 2.05) is 52.3 Å². The number of halogens is 1. The van der Waals surface area contributed by atoms with Crippen LogP contribution in [0.15, 0.2) is 42.6 Å². The van der Waals surface area contributed by atoms with Crippen molar-refractivity contribution < 1.29 is 19.8 Å². The van der Waals surface area contributed by atoms with E-state index in [-0.39, 0.29) is 57.1 Å². The summed E-state index contributed by atoms with van der Waals surface area (Å²) in [6.45, 7) is 14.6. The third-order valence-electron chi connectivity index (χ3n) is 6.59. The standard InChI is InChI=1S/C30H39N3O4.BrH/c1-8-9-22-17-32(28(31)33(22)16-19-10-12-20(13-11-19)27(36)37)18-25(34)21-14-23(29(2,3)4)26(35)24(15-21)30(5,6)7;/h10-15,17,31,35H,8-9,16,18H2,1-7H3,(H,36,37);1H. The van der Waals surface area contributed by atoms with E-state index in [0.717, 1.165) is 35.2 Å². The molecule has 7 nitrogen and oxygen atoms in total. The molecule has 0 aliphatic heterocycles. The Morgan fingerprint density at radius 1 is 0.921 bits per heavy atom. The molecule has 0 saturated heterocycles. The van der Waals surface area contributed by atoms with E-state index in [2.05, 4.69) is 6.92 Å². The first-order chi connectivity index (χ1) is 17.1. The fraction of sp³-hybridized carbons (Fsp3) is 0.433. The largest absolute Gasteiger partial charge is 0.507 e. The van der Waals surface area contributed by atoms with Crippen LogP contribution in [0.1, 0.15) is 98.0 Å². The summed E-state index contributed by atoms with van der Waals surface area (Å²) < 4.78 is 3.53. The summed E-state index contributed by atoms with van der Waals surface area (Å²) in [5.41, 5.74) is 3.55. The van der Waals surface area contributed by atoms with Crippen LogP contribution in [0.3, 0.4) is 0 Å². The molecule has 8 heteroatoms. The van der Waals surface area contributed by atoms with Crippen molar-refractivity contribution in [3.8, 4) is 5.75 Å².